The molecule has 0 bridgehead atoms. The van der Waals surface area contributed by atoms with Gasteiger partial charge in [0.2, 0.25) is 5.95 Å². The predicted molar refractivity (Wildman–Crippen MR) is 78.1 cm³/mol. The van der Waals surface area contributed by atoms with Crippen LogP contribution in [0.2, 0.25) is 5.02 Å². The topological polar surface area (TPSA) is 50.3 Å². The number of rotatable bonds is 5. The van der Waals surface area contributed by atoms with Gasteiger partial charge < -0.3 is 15.0 Å². The van der Waals surface area contributed by atoms with E-state index < -0.39 is 0 Å². The minimum Gasteiger partial charge on any atom is -0.377 e. The third kappa shape index (κ3) is 3.48. The van der Waals surface area contributed by atoms with Crippen molar-refractivity contribution >= 4 is 23.4 Å². The van der Waals surface area contributed by atoms with Crippen molar-refractivity contribution in [3.8, 4) is 0 Å². The van der Waals surface area contributed by atoms with Crippen molar-refractivity contribution in [3.05, 3.63) is 11.2 Å². The molecule has 1 unspecified atom stereocenters. The number of ether oxygens (including phenoxy) is 1. The van der Waals surface area contributed by atoms with E-state index in [1.165, 1.54) is 0 Å². The number of anilines is 2. The van der Waals surface area contributed by atoms with E-state index in [-0.39, 0.29) is 0 Å². The van der Waals surface area contributed by atoms with Crippen molar-refractivity contribution in [2.45, 2.75) is 32.7 Å². The normalized spacial score (nSPS) is 19.5. The van der Waals surface area contributed by atoms with E-state index in [4.69, 9.17) is 16.3 Å². The molecule has 0 radical (unpaired) electrons. The van der Waals surface area contributed by atoms with Gasteiger partial charge >= 0.3 is 0 Å². The Labute approximate surface area is 119 Å². The summed E-state index contributed by atoms with van der Waals surface area (Å²) in [5.41, 5.74) is 0. The SMILES string of the molecule is CCCNc1ncc(Cl)c(N2CCOCC2CC)n1. The zero-order valence-electron chi connectivity index (χ0n) is 11.5. The van der Waals surface area contributed by atoms with Crippen molar-refractivity contribution in [1.82, 2.24) is 9.97 Å². The van der Waals surface area contributed by atoms with E-state index in [0.717, 1.165) is 38.4 Å². The first-order chi connectivity index (χ1) is 9.26. The maximum absolute atomic E-state index is 6.25. The third-order valence-corrected chi connectivity index (χ3v) is 3.50. The van der Waals surface area contributed by atoms with Crippen LogP contribution in [0.4, 0.5) is 11.8 Å². The van der Waals surface area contributed by atoms with Gasteiger partial charge in [0.25, 0.3) is 0 Å². The number of morpholine rings is 1. The molecule has 1 aliphatic heterocycles. The van der Waals surface area contributed by atoms with E-state index in [0.29, 0.717) is 23.6 Å². The highest BCUT2D eigenvalue weighted by atomic mass is 35.5. The van der Waals surface area contributed by atoms with Crippen LogP contribution in [0.15, 0.2) is 6.20 Å². The minimum absolute atomic E-state index is 0.333. The largest absolute Gasteiger partial charge is 0.377 e. The van der Waals surface area contributed by atoms with Crippen LogP contribution in [0, 0.1) is 0 Å². The average Bonchev–Trinajstić information content (AvgIpc) is 2.46. The van der Waals surface area contributed by atoms with Crippen LogP contribution in [0.25, 0.3) is 0 Å². The van der Waals surface area contributed by atoms with Crippen molar-refractivity contribution < 1.29 is 4.74 Å². The molecule has 1 N–H and O–H groups in total. The Morgan fingerprint density at radius 3 is 3.11 bits per heavy atom. The Balaban J connectivity index is 2.21. The summed E-state index contributed by atoms with van der Waals surface area (Å²) >= 11 is 6.25. The van der Waals surface area contributed by atoms with Gasteiger partial charge in [0.05, 0.1) is 25.5 Å². The molecule has 1 aromatic heterocycles. The molecular weight excluding hydrogens is 264 g/mol. The number of nitrogens with one attached hydrogen (secondary N) is 1. The van der Waals surface area contributed by atoms with Crippen LogP contribution in [0.5, 0.6) is 0 Å². The van der Waals surface area contributed by atoms with Gasteiger partial charge in [-0.05, 0) is 12.8 Å². The lowest BCUT2D eigenvalue weighted by molar-refractivity contribution is 0.0926. The molecule has 19 heavy (non-hydrogen) atoms. The molecule has 0 aliphatic carbocycles. The van der Waals surface area contributed by atoms with Gasteiger partial charge in [-0.2, -0.15) is 4.98 Å². The number of halogens is 1. The summed E-state index contributed by atoms with van der Waals surface area (Å²) in [6.45, 7) is 7.39. The van der Waals surface area contributed by atoms with Crippen LogP contribution in [-0.2, 0) is 4.74 Å². The van der Waals surface area contributed by atoms with Gasteiger partial charge in [-0.15, -0.1) is 0 Å². The molecule has 0 amide bonds. The lowest BCUT2D eigenvalue weighted by Gasteiger charge is -2.36. The highest BCUT2D eigenvalue weighted by Gasteiger charge is 2.25. The molecule has 0 saturated carbocycles. The van der Waals surface area contributed by atoms with E-state index in [1.807, 2.05) is 0 Å². The minimum atomic E-state index is 0.333. The highest BCUT2D eigenvalue weighted by molar-refractivity contribution is 6.32. The summed E-state index contributed by atoms with van der Waals surface area (Å²) < 4.78 is 5.52. The van der Waals surface area contributed by atoms with E-state index >= 15 is 0 Å². The summed E-state index contributed by atoms with van der Waals surface area (Å²) in [5, 5.41) is 3.79. The van der Waals surface area contributed by atoms with Crippen molar-refractivity contribution in [3.63, 3.8) is 0 Å². The summed E-state index contributed by atoms with van der Waals surface area (Å²) in [6.07, 6.45) is 3.72. The Morgan fingerprint density at radius 2 is 2.37 bits per heavy atom. The highest BCUT2D eigenvalue weighted by Crippen LogP contribution is 2.27. The first-order valence-electron chi connectivity index (χ1n) is 6.87. The third-order valence-electron chi connectivity index (χ3n) is 3.23. The quantitative estimate of drug-likeness (QED) is 0.900. The Kier molecular flexibility index (Phi) is 5.22. The lowest BCUT2D eigenvalue weighted by atomic mass is 10.2. The van der Waals surface area contributed by atoms with E-state index in [2.05, 4.69) is 34.0 Å². The smallest absolute Gasteiger partial charge is 0.224 e. The fraction of sp³-hybridized carbons (Fsp3) is 0.692. The van der Waals surface area contributed by atoms with Crippen LogP contribution >= 0.6 is 11.6 Å². The summed E-state index contributed by atoms with van der Waals surface area (Å²) in [6, 6.07) is 0.333. The van der Waals surface area contributed by atoms with Crippen molar-refractivity contribution in [2.24, 2.45) is 0 Å². The van der Waals surface area contributed by atoms with Crippen LogP contribution < -0.4 is 10.2 Å². The lowest BCUT2D eigenvalue weighted by Crippen LogP contribution is -2.45. The molecule has 2 rings (SSSR count). The molecular formula is C13H21ClN4O. The molecule has 6 heteroatoms. The van der Waals surface area contributed by atoms with Crippen molar-refractivity contribution in [1.29, 1.82) is 0 Å². The van der Waals surface area contributed by atoms with Gasteiger partial charge in [0.1, 0.15) is 5.02 Å². The van der Waals surface area contributed by atoms with Gasteiger partial charge in [-0.25, -0.2) is 4.98 Å². The van der Waals surface area contributed by atoms with Gasteiger partial charge in [0, 0.05) is 13.1 Å². The first-order valence-corrected chi connectivity index (χ1v) is 7.24. The van der Waals surface area contributed by atoms with Crippen LogP contribution in [0.3, 0.4) is 0 Å². The molecule has 1 atom stereocenters. The Hall–Kier alpha value is -1.07. The Morgan fingerprint density at radius 1 is 1.53 bits per heavy atom. The molecule has 0 aromatic carbocycles. The van der Waals surface area contributed by atoms with Crippen LogP contribution in [-0.4, -0.2) is 42.3 Å². The molecule has 1 saturated heterocycles. The fourth-order valence-corrected chi connectivity index (χ4v) is 2.35. The second kappa shape index (κ2) is 6.91. The molecule has 2 heterocycles. The van der Waals surface area contributed by atoms with Gasteiger partial charge in [-0.1, -0.05) is 25.4 Å². The summed E-state index contributed by atoms with van der Waals surface area (Å²) in [4.78, 5) is 11.0. The van der Waals surface area contributed by atoms with E-state index in [1.54, 1.807) is 6.20 Å². The fourth-order valence-electron chi connectivity index (χ4n) is 2.15. The Bertz CT molecular complexity index is 416. The molecule has 106 valence electrons. The maximum atomic E-state index is 6.25. The van der Waals surface area contributed by atoms with Crippen molar-refractivity contribution in [2.75, 3.05) is 36.5 Å². The zero-order chi connectivity index (χ0) is 13.7. The summed E-state index contributed by atoms with van der Waals surface area (Å²) in [7, 11) is 0. The second-order valence-corrected chi connectivity index (χ2v) is 5.03. The molecule has 1 fully saturated rings. The zero-order valence-corrected chi connectivity index (χ0v) is 12.3. The second-order valence-electron chi connectivity index (χ2n) is 4.62. The number of nitrogens with zero attached hydrogens (tertiary/aromatic N) is 3. The standard InChI is InChI=1S/C13H21ClN4O/c1-3-5-15-13-16-8-11(14)12(17-13)18-6-7-19-9-10(18)4-2/h8,10H,3-7,9H2,1-2H3,(H,15,16,17). The number of aromatic nitrogens is 2. The maximum Gasteiger partial charge on any atom is 0.224 e. The van der Waals surface area contributed by atoms with Crippen LogP contribution in [0.1, 0.15) is 26.7 Å². The molecule has 5 nitrogen and oxygen atoms in total. The van der Waals surface area contributed by atoms with Gasteiger partial charge in [0.15, 0.2) is 5.82 Å². The predicted octanol–water partition coefficient (Wildman–Crippen LogP) is 2.57. The summed E-state index contributed by atoms with van der Waals surface area (Å²) in [5.74, 6) is 1.45. The number of hydrogen-bond acceptors (Lipinski definition) is 5. The first kappa shape index (κ1) is 14.3. The monoisotopic (exact) mass is 284 g/mol. The number of hydrogen-bond donors (Lipinski definition) is 1. The molecule has 1 aliphatic rings. The average molecular weight is 285 g/mol. The van der Waals surface area contributed by atoms with E-state index in [9.17, 15) is 0 Å². The molecule has 0 spiro atoms. The van der Waals surface area contributed by atoms with Gasteiger partial charge in [-0.3, -0.25) is 0 Å². The molecule has 1 aromatic rings.